The molecule has 1 heterocycles. The fourth-order valence-electron chi connectivity index (χ4n) is 1.89. The SMILES string of the molecule is CC[C@@H](CC#N)NC(=O)c1cn[nH]c1Nc1ccccc1. The number of carbonyl (C=O) groups is 1. The number of nitrogens with one attached hydrogen (secondary N) is 3. The van der Waals surface area contributed by atoms with Gasteiger partial charge in [0.2, 0.25) is 0 Å². The van der Waals surface area contributed by atoms with Crippen LogP contribution in [0.5, 0.6) is 0 Å². The summed E-state index contributed by atoms with van der Waals surface area (Å²) in [7, 11) is 0. The van der Waals surface area contributed by atoms with E-state index in [0.29, 0.717) is 24.2 Å². The zero-order valence-corrected chi connectivity index (χ0v) is 11.8. The molecule has 1 amide bonds. The molecule has 0 fully saturated rings. The van der Waals surface area contributed by atoms with Crippen molar-refractivity contribution in [2.24, 2.45) is 0 Å². The number of carbonyl (C=O) groups excluding carboxylic acids is 1. The number of hydrogen-bond donors (Lipinski definition) is 3. The molecule has 0 radical (unpaired) electrons. The number of rotatable bonds is 6. The number of hydrogen-bond acceptors (Lipinski definition) is 4. The topological polar surface area (TPSA) is 93.6 Å². The molecule has 0 unspecified atom stereocenters. The molecule has 0 bridgehead atoms. The molecule has 1 aromatic carbocycles. The summed E-state index contributed by atoms with van der Waals surface area (Å²) < 4.78 is 0. The normalized spacial score (nSPS) is 11.4. The summed E-state index contributed by atoms with van der Waals surface area (Å²) in [5.74, 6) is 0.287. The minimum absolute atomic E-state index is 0.151. The third kappa shape index (κ3) is 3.83. The lowest BCUT2D eigenvalue weighted by molar-refractivity contribution is 0.0937. The van der Waals surface area contributed by atoms with E-state index in [1.165, 1.54) is 6.20 Å². The molecule has 2 aromatic rings. The predicted octanol–water partition coefficient (Wildman–Crippen LogP) is 2.58. The summed E-state index contributed by atoms with van der Waals surface area (Å²) in [4.78, 5) is 12.2. The van der Waals surface area contributed by atoms with E-state index in [1.54, 1.807) is 0 Å². The van der Waals surface area contributed by atoms with Gasteiger partial charge in [0.15, 0.2) is 0 Å². The number of nitrogens with zero attached hydrogens (tertiary/aromatic N) is 2. The van der Waals surface area contributed by atoms with Crippen molar-refractivity contribution >= 4 is 17.4 Å². The van der Waals surface area contributed by atoms with Crippen LogP contribution in [-0.2, 0) is 0 Å². The van der Waals surface area contributed by atoms with Crippen LogP contribution in [0.4, 0.5) is 11.5 Å². The summed E-state index contributed by atoms with van der Waals surface area (Å²) >= 11 is 0. The number of amides is 1. The average Bonchev–Trinajstić information content (AvgIpc) is 2.96. The van der Waals surface area contributed by atoms with Gasteiger partial charge in [0, 0.05) is 11.7 Å². The van der Waals surface area contributed by atoms with Gasteiger partial charge in [-0.15, -0.1) is 0 Å². The van der Waals surface area contributed by atoms with Crippen molar-refractivity contribution in [2.75, 3.05) is 5.32 Å². The van der Waals surface area contributed by atoms with Gasteiger partial charge in [0.25, 0.3) is 5.91 Å². The van der Waals surface area contributed by atoms with Crippen LogP contribution in [0.3, 0.4) is 0 Å². The standard InChI is InChI=1S/C15H17N5O/c1-2-11(8-9-16)19-15(21)13-10-17-20-14(13)18-12-6-4-3-5-7-12/h3-7,10-11H,2,8H2,1H3,(H,19,21)(H2,17,18,20)/t11-/m0/s1. The fourth-order valence-corrected chi connectivity index (χ4v) is 1.89. The molecule has 108 valence electrons. The first kappa shape index (κ1) is 14.6. The molecule has 0 spiro atoms. The minimum Gasteiger partial charge on any atom is -0.348 e. The summed E-state index contributed by atoms with van der Waals surface area (Å²) in [5.41, 5.74) is 1.29. The Balaban J connectivity index is 2.09. The second-order valence-electron chi connectivity index (χ2n) is 4.59. The highest BCUT2D eigenvalue weighted by molar-refractivity contribution is 5.99. The van der Waals surface area contributed by atoms with Gasteiger partial charge in [0.05, 0.1) is 18.7 Å². The summed E-state index contributed by atoms with van der Waals surface area (Å²) in [6, 6.07) is 11.4. The van der Waals surface area contributed by atoms with Crippen molar-refractivity contribution in [1.82, 2.24) is 15.5 Å². The van der Waals surface area contributed by atoms with Crippen LogP contribution in [0.1, 0.15) is 30.1 Å². The Hall–Kier alpha value is -2.81. The lowest BCUT2D eigenvalue weighted by Gasteiger charge is -2.13. The van der Waals surface area contributed by atoms with E-state index in [9.17, 15) is 4.79 Å². The Morgan fingerprint density at radius 3 is 2.86 bits per heavy atom. The maximum atomic E-state index is 12.2. The second kappa shape index (κ2) is 7.10. The number of H-pyrrole nitrogens is 1. The fraction of sp³-hybridized carbons (Fsp3) is 0.267. The van der Waals surface area contributed by atoms with E-state index in [2.05, 4.69) is 26.9 Å². The summed E-state index contributed by atoms with van der Waals surface area (Å²) in [5, 5.41) is 21.4. The number of anilines is 2. The molecule has 0 aliphatic carbocycles. The zero-order valence-electron chi connectivity index (χ0n) is 11.8. The van der Waals surface area contributed by atoms with E-state index in [-0.39, 0.29) is 11.9 Å². The maximum absolute atomic E-state index is 12.2. The summed E-state index contributed by atoms with van der Waals surface area (Å²) in [6.45, 7) is 1.93. The molecule has 1 aromatic heterocycles. The Kier molecular flexibility index (Phi) is 4.94. The van der Waals surface area contributed by atoms with Crippen LogP contribution < -0.4 is 10.6 Å². The van der Waals surface area contributed by atoms with E-state index >= 15 is 0 Å². The molecule has 6 heteroatoms. The molecule has 2 rings (SSSR count). The van der Waals surface area contributed by atoms with E-state index in [1.807, 2.05) is 37.3 Å². The second-order valence-corrected chi connectivity index (χ2v) is 4.59. The molecular weight excluding hydrogens is 266 g/mol. The number of nitriles is 1. The molecule has 21 heavy (non-hydrogen) atoms. The monoisotopic (exact) mass is 283 g/mol. The molecule has 0 aliphatic rings. The number of aromatic nitrogens is 2. The molecule has 0 saturated carbocycles. The first-order valence-corrected chi connectivity index (χ1v) is 6.77. The van der Waals surface area contributed by atoms with Gasteiger partial charge in [-0.25, -0.2) is 0 Å². The van der Waals surface area contributed by atoms with Crippen molar-refractivity contribution in [3.8, 4) is 6.07 Å². The van der Waals surface area contributed by atoms with Crippen LogP contribution >= 0.6 is 0 Å². The molecule has 0 saturated heterocycles. The Labute approximate surface area is 123 Å². The van der Waals surface area contributed by atoms with Gasteiger partial charge in [-0.05, 0) is 18.6 Å². The van der Waals surface area contributed by atoms with E-state index in [0.717, 1.165) is 5.69 Å². The highest BCUT2D eigenvalue weighted by Crippen LogP contribution is 2.18. The van der Waals surface area contributed by atoms with Gasteiger partial charge in [0.1, 0.15) is 11.4 Å². The molecule has 1 atom stereocenters. The predicted molar refractivity (Wildman–Crippen MR) is 80.1 cm³/mol. The maximum Gasteiger partial charge on any atom is 0.256 e. The highest BCUT2D eigenvalue weighted by atomic mass is 16.1. The molecule has 3 N–H and O–H groups in total. The Bertz CT molecular complexity index is 629. The smallest absolute Gasteiger partial charge is 0.256 e. The molecule has 6 nitrogen and oxygen atoms in total. The van der Waals surface area contributed by atoms with Crippen LogP contribution in [0.25, 0.3) is 0 Å². The zero-order chi connectivity index (χ0) is 15.1. The number of benzene rings is 1. The van der Waals surface area contributed by atoms with Crippen LogP contribution in [-0.4, -0.2) is 22.1 Å². The first-order chi connectivity index (χ1) is 10.2. The van der Waals surface area contributed by atoms with Gasteiger partial charge < -0.3 is 10.6 Å². The quantitative estimate of drug-likeness (QED) is 0.759. The molecule has 0 aliphatic heterocycles. The minimum atomic E-state index is -0.246. The van der Waals surface area contributed by atoms with Gasteiger partial charge >= 0.3 is 0 Å². The summed E-state index contributed by atoms with van der Waals surface area (Å²) in [6.07, 6.45) is 2.47. The lowest BCUT2D eigenvalue weighted by Crippen LogP contribution is -2.34. The van der Waals surface area contributed by atoms with Crippen molar-refractivity contribution in [1.29, 1.82) is 5.26 Å². The van der Waals surface area contributed by atoms with Crippen LogP contribution in [0, 0.1) is 11.3 Å². The Morgan fingerprint density at radius 2 is 2.19 bits per heavy atom. The van der Waals surface area contributed by atoms with Gasteiger partial charge in [-0.1, -0.05) is 25.1 Å². The largest absolute Gasteiger partial charge is 0.348 e. The van der Waals surface area contributed by atoms with Crippen molar-refractivity contribution in [3.05, 3.63) is 42.1 Å². The number of aromatic amines is 1. The first-order valence-electron chi connectivity index (χ1n) is 6.77. The Morgan fingerprint density at radius 1 is 1.43 bits per heavy atom. The third-order valence-electron chi connectivity index (χ3n) is 3.09. The van der Waals surface area contributed by atoms with Gasteiger partial charge in [-0.2, -0.15) is 10.4 Å². The van der Waals surface area contributed by atoms with Crippen molar-refractivity contribution in [3.63, 3.8) is 0 Å². The van der Waals surface area contributed by atoms with E-state index in [4.69, 9.17) is 5.26 Å². The van der Waals surface area contributed by atoms with Crippen LogP contribution in [0.15, 0.2) is 36.5 Å². The van der Waals surface area contributed by atoms with Gasteiger partial charge in [-0.3, -0.25) is 9.89 Å². The lowest BCUT2D eigenvalue weighted by atomic mass is 10.1. The van der Waals surface area contributed by atoms with Crippen LogP contribution in [0.2, 0.25) is 0 Å². The van der Waals surface area contributed by atoms with Crippen molar-refractivity contribution < 1.29 is 4.79 Å². The third-order valence-corrected chi connectivity index (χ3v) is 3.09. The number of para-hydroxylation sites is 1. The average molecular weight is 283 g/mol. The highest BCUT2D eigenvalue weighted by Gasteiger charge is 2.17. The molecular formula is C15H17N5O. The van der Waals surface area contributed by atoms with Crippen molar-refractivity contribution in [2.45, 2.75) is 25.8 Å². The van der Waals surface area contributed by atoms with E-state index < -0.39 is 0 Å².